The Kier molecular flexibility index (Phi) is 4.81. The molecular formula is C16H19FN2O2S. The molecule has 0 saturated carbocycles. The molecule has 0 spiro atoms. The molecule has 0 bridgehead atoms. The van der Waals surface area contributed by atoms with Crippen LogP contribution in [0, 0.1) is 5.95 Å². The van der Waals surface area contributed by atoms with Crippen molar-refractivity contribution in [2.24, 2.45) is 0 Å². The van der Waals surface area contributed by atoms with E-state index in [0.717, 1.165) is 10.4 Å². The molecule has 2 aromatic rings. The molecule has 118 valence electrons. The molecule has 2 aromatic heterocycles. The highest BCUT2D eigenvalue weighted by Gasteiger charge is 2.20. The molecule has 0 unspecified atom stereocenters. The summed E-state index contributed by atoms with van der Waals surface area (Å²) < 4.78 is 19.0. The Morgan fingerprint density at radius 1 is 1.45 bits per heavy atom. The molecule has 0 aliphatic carbocycles. The van der Waals surface area contributed by atoms with Crippen LogP contribution in [0.15, 0.2) is 29.8 Å². The topological polar surface area (TPSA) is 42.4 Å². The number of rotatable bonds is 3. The summed E-state index contributed by atoms with van der Waals surface area (Å²) in [5, 5.41) is 1.86. The first kappa shape index (κ1) is 16.4. The van der Waals surface area contributed by atoms with Gasteiger partial charge in [0.1, 0.15) is 5.60 Å². The van der Waals surface area contributed by atoms with E-state index in [0.29, 0.717) is 12.1 Å². The number of hydrogen-bond acceptors (Lipinski definition) is 4. The SMILES string of the molecule is CN(Cc1cc(-c2cccnc2F)cs1)C(=O)OC(C)(C)C. The lowest BCUT2D eigenvalue weighted by atomic mass is 10.1. The molecule has 0 radical (unpaired) electrons. The van der Waals surface area contributed by atoms with E-state index in [1.165, 1.54) is 22.4 Å². The molecule has 2 heterocycles. The number of ether oxygens (including phenoxy) is 1. The van der Waals surface area contributed by atoms with E-state index in [1.54, 1.807) is 19.2 Å². The van der Waals surface area contributed by atoms with Gasteiger partial charge in [0.25, 0.3) is 0 Å². The Labute approximate surface area is 133 Å². The number of nitrogens with zero attached hydrogens (tertiary/aromatic N) is 2. The number of carbonyl (C=O) groups is 1. The van der Waals surface area contributed by atoms with Crippen LogP contribution in [0.3, 0.4) is 0 Å². The van der Waals surface area contributed by atoms with Gasteiger partial charge in [0.2, 0.25) is 5.95 Å². The Hall–Kier alpha value is -1.95. The van der Waals surface area contributed by atoms with Crippen molar-refractivity contribution in [1.29, 1.82) is 0 Å². The molecule has 22 heavy (non-hydrogen) atoms. The molecule has 6 heteroatoms. The molecule has 1 amide bonds. The van der Waals surface area contributed by atoms with Crippen LogP contribution in [-0.4, -0.2) is 28.6 Å². The van der Waals surface area contributed by atoms with Crippen LogP contribution in [0.2, 0.25) is 0 Å². The summed E-state index contributed by atoms with van der Waals surface area (Å²) in [6.45, 7) is 5.90. The lowest BCUT2D eigenvalue weighted by molar-refractivity contribution is 0.0287. The fraction of sp³-hybridized carbons (Fsp3) is 0.375. The van der Waals surface area contributed by atoms with Gasteiger partial charge in [-0.15, -0.1) is 11.3 Å². The molecule has 0 aliphatic rings. The lowest BCUT2D eigenvalue weighted by Crippen LogP contribution is -2.33. The van der Waals surface area contributed by atoms with E-state index in [2.05, 4.69) is 4.98 Å². The van der Waals surface area contributed by atoms with Crippen LogP contribution in [0.5, 0.6) is 0 Å². The molecule has 0 fully saturated rings. The average molecular weight is 322 g/mol. The van der Waals surface area contributed by atoms with Crippen molar-refractivity contribution in [3.05, 3.63) is 40.6 Å². The van der Waals surface area contributed by atoms with Crippen LogP contribution in [0.4, 0.5) is 9.18 Å². The Balaban J connectivity index is 2.06. The summed E-state index contributed by atoms with van der Waals surface area (Å²) in [5.41, 5.74) is 0.707. The predicted molar refractivity (Wildman–Crippen MR) is 85.2 cm³/mol. The van der Waals surface area contributed by atoms with Crippen molar-refractivity contribution in [3.8, 4) is 11.1 Å². The minimum Gasteiger partial charge on any atom is -0.444 e. The van der Waals surface area contributed by atoms with E-state index < -0.39 is 11.5 Å². The predicted octanol–water partition coefficient (Wildman–Crippen LogP) is 4.32. The highest BCUT2D eigenvalue weighted by molar-refractivity contribution is 7.10. The normalized spacial score (nSPS) is 11.3. The summed E-state index contributed by atoms with van der Waals surface area (Å²) in [5.74, 6) is -0.493. The van der Waals surface area contributed by atoms with Gasteiger partial charge in [-0.25, -0.2) is 9.78 Å². The van der Waals surface area contributed by atoms with Crippen molar-refractivity contribution in [2.45, 2.75) is 32.9 Å². The van der Waals surface area contributed by atoms with Gasteiger partial charge in [0.05, 0.1) is 6.54 Å². The molecular weight excluding hydrogens is 303 g/mol. The molecule has 0 N–H and O–H groups in total. The number of carbonyl (C=O) groups excluding carboxylic acids is 1. The van der Waals surface area contributed by atoms with E-state index in [9.17, 15) is 9.18 Å². The second-order valence-corrected chi connectivity index (χ2v) is 6.98. The maximum absolute atomic E-state index is 13.7. The van der Waals surface area contributed by atoms with Crippen LogP contribution in [0.25, 0.3) is 11.1 Å². The third-order valence-electron chi connectivity index (χ3n) is 2.82. The van der Waals surface area contributed by atoms with Crippen molar-refractivity contribution in [3.63, 3.8) is 0 Å². The van der Waals surface area contributed by atoms with E-state index >= 15 is 0 Å². The van der Waals surface area contributed by atoms with Crippen LogP contribution in [0.1, 0.15) is 25.6 Å². The number of thiophene rings is 1. The number of hydrogen-bond donors (Lipinski definition) is 0. The summed E-state index contributed by atoms with van der Waals surface area (Å²) in [6, 6.07) is 5.25. The largest absolute Gasteiger partial charge is 0.444 e. The Morgan fingerprint density at radius 2 is 2.18 bits per heavy atom. The molecule has 2 rings (SSSR count). The second-order valence-electron chi connectivity index (χ2n) is 5.98. The first-order valence-electron chi connectivity index (χ1n) is 6.88. The third-order valence-corrected chi connectivity index (χ3v) is 3.74. The smallest absolute Gasteiger partial charge is 0.410 e. The quantitative estimate of drug-likeness (QED) is 0.791. The minimum absolute atomic E-state index is 0.380. The number of amides is 1. The summed E-state index contributed by atoms with van der Waals surface area (Å²) in [6.07, 6.45) is 1.04. The number of pyridine rings is 1. The fourth-order valence-corrected chi connectivity index (χ4v) is 2.78. The van der Waals surface area contributed by atoms with Crippen molar-refractivity contribution in [2.75, 3.05) is 7.05 Å². The Morgan fingerprint density at radius 3 is 2.82 bits per heavy atom. The zero-order valence-electron chi connectivity index (χ0n) is 13.1. The zero-order valence-corrected chi connectivity index (χ0v) is 13.9. The molecule has 0 saturated heterocycles. The summed E-state index contributed by atoms with van der Waals surface area (Å²) >= 11 is 1.47. The highest BCUT2D eigenvalue weighted by atomic mass is 32.1. The molecule has 0 atom stereocenters. The van der Waals surface area contributed by atoms with Crippen LogP contribution in [-0.2, 0) is 11.3 Å². The Bertz CT molecular complexity index is 664. The first-order valence-corrected chi connectivity index (χ1v) is 7.76. The van der Waals surface area contributed by atoms with Gasteiger partial charge >= 0.3 is 6.09 Å². The maximum Gasteiger partial charge on any atom is 0.410 e. The molecule has 0 aromatic carbocycles. The fourth-order valence-electron chi connectivity index (χ4n) is 1.84. The van der Waals surface area contributed by atoms with Crippen molar-refractivity contribution >= 4 is 17.4 Å². The minimum atomic E-state index is -0.523. The molecule has 4 nitrogen and oxygen atoms in total. The monoisotopic (exact) mass is 322 g/mol. The average Bonchev–Trinajstić information content (AvgIpc) is 2.85. The molecule has 0 aliphatic heterocycles. The highest BCUT2D eigenvalue weighted by Crippen LogP contribution is 2.27. The van der Waals surface area contributed by atoms with E-state index in [4.69, 9.17) is 4.74 Å². The van der Waals surface area contributed by atoms with Gasteiger partial charge in [-0.2, -0.15) is 4.39 Å². The van der Waals surface area contributed by atoms with Crippen LogP contribution < -0.4 is 0 Å². The van der Waals surface area contributed by atoms with Gasteiger partial charge in [-0.3, -0.25) is 0 Å². The van der Waals surface area contributed by atoms with Crippen molar-refractivity contribution in [1.82, 2.24) is 9.88 Å². The van der Waals surface area contributed by atoms with Gasteiger partial charge in [0, 0.05) is 23.7 Å². The van der Waals surface area contributed by atoms with Crippen LogP contribution >= 0.6 is 11.3 Å². The number of aromatic nitrogens is 1. The third kappa shape index (κ3) is 4.27. The van der Waals surface area contributed by atoms with Gasteiger partial charge in [-0.1, -0.05) is 0 Å². The maximum atomic E-state index is 13.7. The van der Waals surface area contributed by atoms with E-state index in [1.807, 2.05) is 32.2 Å². The van der Waals surface area contributed by atoms with Gasteiger partial charge < -0.3 is 9.64 Å². The summed E-state index contributed by atoms with van der Waals surface area (Å²) in [7, 11) is 1.68. The van der Waals surface area contributed by atoms with E-state index in [-0.39, 0.29) is 6.09 Å². The van der Waals surface area contributed by atoms with Gasteiger partial charge in [0.15, 0.2) is 0 Å². The zero-order chi connectivity index (χ0) is 16.3. The van der Waals surface area contributed by atoms with Gasteiger partial charge in [-0.05, 0) is 49.9 Å². The van der Waals surface area contributed by atoms with Crippen molar-refractivity contribution < 1.29 is 13.9 Å². The lowest BCUT2D eigenvalue weighted by Gasteiger charge is -2.24. The number of halogens is 1. The second kappa shape index (κ2) is 6.44. The standard InChI is InChI=1S/C16H19FN2O2S/c1-16(2,3)21-15(20)19(4)9-12-8-11(10-22-12)13-6-5-7-18-14(13)17/h5-8,10H,9H2,1-4H3. The first-order chi connectivity index (χ1) is 10.3. The summed E-state index contributed by atoms with van der Waals surface area (Å²) in [4.78, 5) is 18.0.